The number of nitro benzene ring substituents is 1. The zero-order chi connectivity index (χ0) is 29.2. The van der Waals surface area contributed by atoms with Crippen molar-refractivity contribution < 1.29 is 14.5 Å². The molecule has 0 radical (unpaired) electrons. The average Bonchev–Trinajstić information content (AvgIpc) is 3.70. The van der Waals surface area contributed by atoms with E-state index in [1.165, 1.54) is 12.1 Å². The molecular weight excluding hydrogens is 532 g/mol. The molecule has 1 saturated heterocycles. The number of imidazole rings is 1. The molecule has 212 valence electrons. The van der Waals surface area contributed by atoms with Gasteiger partial charge in [0.2, 0.25) is 5.91 Å². The van der Waals surface area contributed by atoms with Crippen LogP contribution in [0.4, 0.5) is 17.1 Å². The minimum Gasteiger partial charge on any atom is -0.354 e. The van der Waals surface area contributed by atoms with Crippen molar-refractivity contribution in [2.24, 2.45) is 7.05 Å². The van der Waals surface area contributed by atoms with Gasteiger partial charge < -0.3 is 20.1 Å². The molecule has 6 rings (SSSR count). The Bertz CT molecular complexity index is 1710. The Morgan fingerprint density at radius 1 is 1.07 bits per heavy atom. The van der Waals surface area contributed by atoms with Crippen LogP contribution in [-0.2, 0) is 23.1 Å². The number of carbonyl (C=O) groups is 2. The topological polar surface area (TPSA) is 122 Å². The molecule has 42 heavy (non-hydrogen) atoms. The van der Waals surface area contributed by atoms with Crippen molar-refractivity contribution in [2.75, 3.05) is 23.7 Å². The number of aryl methyl sites for hydroxylation is 2. The van der Waals surface area contributed by atoms with Crippen LogP contribution in [0.5, 0.6) is 0 Å². The van der Waals surface area contributed by atoms with Gasteiger partial charge in [-0.1, -0.05) is 36.4 Å². The maximum absolute atomic E-state index is 13.3. The van der Waals surface area contributed by atoms with Gasteiger partial charge in [-0.25, -0.2) is 4.98 Å². The Balaban J connectivity index is 1.32. The summed E-state index contributed by atoms with van der Waals surface area (Å²) < 4.78 is 1.88. The van der Waals surface area contributed by atoms with Crippen LogP contribution >= 0.6 is 0 Å². The van der Waals surface area contributed by atoms with Crippen LogP contribution < -0.4 is 10.6 Å². The van der Waals surface area contributed by atoms with Crippen LogP contribution in [0.25, 0.3) is 22.5 Å². The highest BCUT2D eigenvalue weighted by Gasteiger charge is 2.30. The Morgan fingerprint density at radius 2 is 1.86 bits per heavy atom. The number of nitrogens with zero attached hydrogens (tertiary/aromatic N) is 4. The van der Waals surface area contributed by atoms with E-state index in [0.29, 0.717) is 28.9 Å². The highest BCUT2D eigenvalue weighted by molar-refractivity contribution is 6.37. The summed E-state index contributed by atoms with van der Waals surface area (Å²) in [5.74, 6) is -0.103. The first-order chi connectivity index (χ1) is 20.4. The molecular formula is C32H30N6O4. The quantitative estimate of drug-likeness (QED) is 0.158. The molecule has 10 heteroatoms. The zero-order valence-corrected chi connectivity index (χ0v) is 23.2. The van der Waals surface area contributed by atoms with Crippen molar-refractivity contribution in [1.29, 1.82) is 0 Å². The molecule has 2 N–H and O–H groups in total. The minimum absolute atomic E-state index is 0.0892. The molecule has 0 saturated carbocycles. The molecule has 2 aliphatic heterocycles. The number of nitrogens with one attached hydrogen (secondary N) is 2. The van der Waals surface area contributed by atoms with Crippen molar-refractivity contribution in [2.45, 2.75) is 25.7 Å². The fraction of sp³-hybridized carbons (Fsp3) is 0.219. The zero-order valence-electron chi connectivity index (χ0n) is 23.2. The molecule has 0 spiro atoms. The number of aromatic nitrogens is 2. The number of anilines is 2. The van der Waals surface area contributed by atoms with E-state index in [4.69, 9.17) is 0 Å². The molecule has 2 amide bonds. The van der Waals surface area contributed by atoms with Gasteiger partial charge in [-0.05, 0) is 48.6 Å². The lowest BCUT2D eigenvalue weighted by Crippen LogP contribution is -2.25. The first kappa shape index (κ1) is 26.9. The van der Waals surface area contributed by atoms with Crippen molar-refractivity contribution >= 4 is 40.1 Å². The third-order valence-electron chi connectivity index (χ3n) is 7.67. The number of likely N-dealkylation sites (tertiary alicyclic amines) is 1. The molecule has 1 aromatic heterocycles. The standard InChI is InChI=1S/C32H30N6O4/c1-36-19-28(33-20-36)22-10-12-24(13-11-22)34-31(30-26-18-25(38(41)42)14-15-27(26)35-32(30)40)23-8-6-21(7-9-23)4-2-16-37-17-3-5-29(37)39/h6-15,18-20,34H,2-5,16-17H2,1H3,(H,35,40)/b31-30-. The summed E-state index contributed by atoms with van der Waals surface area (Å²) >= 11 is 0. The molecule has 4 aromatic rings. The number of hydrogen-bond donors (Lipinski definition) is 2. The molecule has 3 heterocycles. The molecule has 1 fully saturated rings. The Kier molecular flexibility index (Phi) is 7.26. The van der Waals surface area contributed by atoms with Gasteiger partial charge in [-0.2, -0.15) is 0 Å². The van der Waals surface area contributed by atoms with Crippen molar-refractivity contribution in [3.05, 3.63) is 106 Å². The van der Waals surface area contributed by atoms with Crippen molar-refractivity contribution in [3.63, 3.8) is 0 Å². The fourth-order valence-corrected chi connectivity index (χ4v) is 5.48. The third kappa shape index (κ3) is 5.51. The van der Waals surface area contributed by atoms with Crippen molar-refractivity contribution in [3.8, 4) is 11.3 Å². The van der Waals surface area contributed by atoms with E-state index in [9.17, 15) is 19.7 Å². The minimum atomic E-state index is -0.464. The van der Waals surface area contributed by atoms with E-state index in [0.717, 1.165) is 60.4 Å². The predicted octanol–water partition coefficient (Wildman–Crippen LogP) is 5.48. The van der Waals surface area contributed by atoms with E-state index in [1.807, 2.05) is 71.2 Å². The van der Waals surface area contributed by atoms with Crippen LogP contribution in [0.15, 0.2) is 79.3 Å². The Hall–Kier alpha value is -5.25. The summed E-state index contributed by atoms with van der Waals surface area (Å²) in [5, 5.41) is 17.8. The van der Waals surface area contributed by atoms with Gasteiger partial charge in [0.15, 0.2) is 0 Å². The van der Waals surface area contributed by atoms with E-state index in [2.05, 4.69) is 15.6 Å². The summed E-state index contributed by atoms with van der Waals surface area (Å²) in [6, 6.07) is 20.1. The van der Waals surface area contributed by atoms with E-state index in [-0.39, 0.29) is 17.5 Å². The average molecular weight is 563 g/mol. The molecule has 0 atom stereocenters. The van der Waals surface area contributed by atoms with Gasteiger partial charge >= 0.3 is 0 Å². The molecule has 10 nitrogen and oxygen atoms in total. The second kappa shape index (κ2) is 11.3. The number of benzene rings is 3. The molecule has 0 unspecified atom stereocenters. The first-order valence-corrected chi connectivity index (χ1v) is 13.9. The summed E-state index contributed by atoms with van der Waals surface area (Å²) in [5.41, 5.74) is 6.25. The normalized spacial score (nSPS) is 15.5. The summed E-state index contributed by atoms with van der Waals surface area (Å²) in [4.78, 5) is 42.6. The van der Waals surface area contributed by atoms with Gasteiger partial charge in [0.1, 0.15) is 0 Å². The number of rotatable bonds is 9. The Labute approximate surface area is 242 Å². The second-order valence-corrected chi connectivity index (χ2v) is 10.6. The second-order valence-electron chi connectivity index (χ2n) is 10.6. The largest absolute Gasteiger partial charge is 0.354 e. The number of carbonyl (C=O) groups excluding carboxylic acids is 2. The molecule has 0 bridgehead atoms. The van der Waals surface area contributed by atoms with Gasteiger partial charge in [0.25, 0.3) is 11.6 Å². The van der Waals surface area contributed by atoms with Crippen molar-refractivity contribution in [1.82, 2.24) is 14.5 Å². The maximum atomic E-state index is 13.3. The predicted molar refractivity (Wildman–Crippen MR) is 161 cm³/mol. The van der Waals surface area contributed by atoms with E-state index >= 15 is 0 Å². The Morgan fingerprint density at radius 3 is 2.52 bits per heavy atom. The summed E-state index contributed by atoms with van der Waals surface area (Å²) in [7, 11) is 1.92. The van der Waals surface area contributed by atoms with Gasteiger partial charge in [-0.3, -0.25) is 19.7 Å². The van der Waals surface area contributed by atoms with Crippen LogP contribution in [0.2, 0.25) is 0 Å². The van der Waals surface area contributed by atoms with Crippen LogP contribution in [0.1, 0.15) is 36.0 Å². The molecule has 0 aliphatic carbocycles. The maximum Gasteiger partial charge on any atom is 0.270 e. The highest BCUT2D eigenvalue weighted by atomic mass is 16.6. The van der Waals surface area contributed by atoms with Gasteiger partial charge in [-0.15, -0.1) is 0 Å². The lowest BCUT2D eigenvalue weighted by atomic mass is 9.98. The number of fused-ring (bicyclic) bond motifs is 1. The lowest BCUT2D eigenvalue weighted by molar-refractivity contribution is -0.384. The monoisotopic (exact) mass is 562 g/mol. The van der Waals surface area contributed by atoms with Crippen LogP contribution in [-0.4, -0.2) is 44.3 Å². The fourth-order valence-electron chi connectivity index (χ4n) is 5.48. The van der Waals surface area contributed by atoms with E-state index < -0.39 is 4.92 Å². The number of nitro groups is 1. The van der Waals surface area contributed by atoms with Gasteiger partial charge in [0.05, 0.1) is 28.2 Å². The highest BCUT2D eigenvalue weighted by Crippen LogP contribution is 2.39. The smallest absolute Gasteiger partial charge is 0.270 e. The van der Waals surface area contributed by atoms with Crippen LogP contribution in [0, 0.1) is 10.1 Å². The third-order valence-corrected chi connectivity index (χ3v) is 7.67. The number of hydrogen-bond acceptors (Lipinski definition) is 6. The number of non-ortho nitro benzene ring substituents is 1. The SMILES string of the molecule is Cn1cnc(-c2ccc(N/C(=C3\C(=O)Nc4ccc([N+](=O)[O-])cc43)c3ccc(CCCN4CCCC4=O)cc3)cc2)c1. The molecule has 3 aromatic carbocycles. The molecule has 2 aliphatic rings. The lowest BCUT2D eigenvalue weighted by Gasteiger charge is -2.16. The van der Waals surface area contributed by atoms with Gasteiger partial charge in [0, 0.05) is 67.4 Å². The van der Waals surface area contributed by atoms with Crippen LogP contribution in [0.3, 0.4) is 0 Å². The summed E-state index contributed by atoms with van der Waals surface area (Å²) in [6.45, 7) is 1.59. The first-order valence-electron chi connectivity index (χ1n) is 13.9. The number of amides is 2. The summed E-state index contributed by atoms with van der Waals surface area (Å²) in [6.07, 6.45) is 6.96. The van der Waals surface area contributed by atoms with E-state index in [1.54, 1.807) is 12.4 Å².